The Morgan fingerprint density at radius 3 is 2.41 bits per heavy atom. The SMILES string of the molecule is CCCNCCNC(=O)CN(C)S(=O)(=O)c1ccc(Br)cc1. The predicted octanol–water partition coefficient (Wildman–Crippen LogP) is 1.19. The van der Waals surface area contributed by atoms with Gasteiger partial charge in [0.05, 0.1) is 11.4 Å². The molecule has 8 heteroatoms. The van der Waals surface area contributed by atoms with Crippen LogP contribution in [0, 0.1) is 0 Å². The van der Waals surface area contributed by atoms with Crippen LogP contribution in [0.3, 0.4) is 0 Å². The van der Waals surface area contributed by atoms with Crippen molar-refractivity contribution in [1.82, 2.24) is 14.9 Å². The first-order valence-corrected chi connectivity index (χ1v) is 9.30. The van der Waals surface area contributed by atoms with Gasteiger partial charge < -0.3 is 10.6 Å². The molecule has 1 aromatic carbocycles. The number of halogens is 1. The summed E-state index contributed by atoms with van der Waals surface area (Å²) in [7, 11) is -2.26. The van der Waals surface area contributed by atoms with Crippen LogP contribution in [0.25, 0.3) is 0 Å². The normalized spacial score (nSPS) is 11.6. The maximum atomic E-state index is 12.3. The van der Waals surface area contributed by atoms with Crippen molar-refractivity contribution in [3.63, 3.8) is 0 Å². The number of amides is 1. The Labute approximate surface area is 140 Å². The summed E-state index contributed by atoms with van der Waals surface area (Å²) in [5.74, 6) is -0.318. The number of carbonyl (C=O) groups excluding carboxylic acids is 1. The fourth-order valence-electron chi connectivity index (χ4n) is 1.72. The van der Waals surface area contributed by atoms with Gasteiger partial charge in [-0.2, -0.15) is 4.31 Å². The maximum absolute atomic E-state index is 12.3. The molecule has 0 aliphatic carbocycles. The molecule has 0 bridgehead atoms. The molecule has 1 rings (SSSR count). The van der Waals surface area contributed by atoms with Gasteiger partial charge in [0, 0.05) is 24.6 Å². The minimum absolute atomic E-state index is 0.163. The van der Waals surface area contributed by atoms with Gasteiger partial charge in [0.1, 0.15) is 0 Å². The molecule has 0 fully saturated rings. The molecule has 2 N–H and O–H groups in total. The summed E-state index contributed by atoms with van der Waals surface area (Å²) in [5, 5.41) is 5.84. The molecular weight excluding hydrogens is 370 g/mol. The van der Waals surface area contributed by atoms with Gasteiger partial charge in [-0.15, -0.1) is 0 Å². The Kier molecular flexibility index (Phi) is 8.02. The summed E-state index contributed by atoms with van der Waals surface area (Å²) in [6, 6.07) is 6.31. The molecule has 1 amide bonds. The molecule has 0 radical (unpaired) electrons. The van der Waals surface area contributed by atoms with Crippen molar-refractivity contribution in [3.8, 4) is 0 Å². The lowest BCUT2D eigenvalue weighted by Crippen LogP contribution is -2.40. The number of carbonyl (C=O) groups is 1. The van der Waals surface area contributed by atoms with Crippen molar-refractivity contribution in [2.45, 2.75) is 18.2 Å². The van der Waals surface area contributed by atoms with Gasteiger partial charge >= 0.3 is 0 Å². The predicted molar refractivity (Wildman–Crippen MR) is 90.1 cm³/mol. The monoisotopic (exact) mass is 391 g/mol. The molecule has 0 heterocycles. The summed E-state index contributed by atoms with van der Waals surface area (Å²) >= 11 is 3.26. The maximum Gasteiger partial charge on any atom is 0.243 e. The zero-order valence-corrected chi connectivity index (χ0v) is 15.2. The second-order valence-corrected chi connectivity index (χ2v) is 7.78. The first-order valence-electron chi connectivity index (χ1n) is 7.07. The Balaban J connectivity index is 2.51. The van der Waals surface area contributed by atoms with E-state index in [0.29, 0.717) is 13.1 Å². The van der Waals surface area contributed by atoms with Crippen LogP contribution in [0.2, 0.25) is 0 Å². The summed E-state index contributed by atoms with van der Waals surface area (Å²) in [4.78, 5) is 11.9. The molecule has 0 saturated heterocycles. The molecule has 0 atom stereocenters. The van der Waals surface area contributed by atoms with Crippen LogP contribution in [0.1, 0.15) is 13.3 Å². The molecular formula is C14H22BrN3O3S. The van der Waals surface area contributed by atoms with Crippen LogP contribution in [-0.4, -0.2) is 51.9 Å². The Morgan fingerprint density at radius 1 is 1.18 bits per heavy atom. The summed E-state index contributed by atoms with van der Waals surface area (Å²) in [5.41, 5.74) is 0. The minimum atomic E-state index is -3.65. The first kappa shape index (κ1) is 19.1. The molecule has 124 valence electrons. The third-order valence-corrected chi connectivity index (χ3v) is 5.29. The molecule has 0 unspecified atom stereocenters. The van der Waals surface area contributed by atoms with Crippen molar-refractivity contribution in [2.24, 2.45) is 0 Å². The van der Waals surface area contributed by atoms with Crippen LogP contribution in [0.4, 0.5) is 0 Å². The lowest BCUT2D eigenvalue weighted by molar-refractivity contribution is -0.121. The summed E-state index contributed by atoms with van der Waals surface area (Å²) in [6.07, 6.45) is 1.03. The quantitative estimate of drug-likeness (QED) is 0.619. The standard InChI is InChI=1S/C14H22BrN3O3S/c1-3-8-16-9-10-17-14(19)11-18(2)22(20,21)13-6-4-12(15)5-7-13/h4-7,16H,3,8-11H2,1-2H3,(H,17,19). The highest BCUT2D eigenvalue weighted by Crippen LogP contribution is 2.17. The van der Waals surface area contributed by atoms with Gasteiger partial charge in [0.2, 0.25) is 15.9 Å². The zero-order chi connectivity index (χ0) is 16.6. The van der Waals surface area contributed by atoms with Crippen LogP contribution in [0.5, 0.6) is 0 Å². The van der Waals surface area contributed by atoms with Crippen LogP contribution < -0.4 is 10.6 Å². The summed E-state index contributed by atoms with van der Waals surface area (Å²) < 4.78 is 26.5. The Morgan fingerprint density at radius 2 is 1.82 bits per heavy atom. The van der Waals surface area contributed by atoms with E-state index in [-0.39, 0.29) is 17.3 Å². The van der Waals surface area contributed by atoms with Crippen molar-refractivity contribution in [3.05, 3.63) is 28.7 Å². The van der Waals surface area contributed by atoms with Crippen LogP contribution in [-0.2, 0) is 14.8 Å². The minimum Gasteiger partial charge on any atom is -0.354 e. The van der Waals surface area contributed by atoms with E-state index in [9.17, 15) is 13.2 Å². The lowest BCUT2D eigenvalue weighted by Gasteiger charge is -2.17. The van der Waals surface area contributed by atoms with E-state index in [1.165, 1.54) is 19.2 Å². The van der Waals surface area contributed by atoms with E-state index >= 15 is 0 Å². The molecule has 0 aliphatic heterocycles. The van der Waals surface area contributed by atoms with E-state index in [1.54, 1.807) is 12.1 Å². The highest BCUT2D eigenvalue weighted by molar-refractivity contribution is 9.10. The second-order valence-electron chi connectivity index (χ2n) is 4.81. The molecule has 1 aromatic rings. The van der Waals surface area contributed by atoms with Crippen molar-refractivity contribution < 1.29 is 13.2 Å². The van der Waals surface area contributed by atoms with Crippen LogP contribution >= 0.6 is 15.9 Å². The zero-order valence-electron chi connectivity index (χ0n) is 12.8. The fourth-order valence-corrected chi connectivity index (χ4v) is 3.11. The third kappa shape index (κ3) is 6.04. The molecule has 6 nitrogen and oxygen atoms in total. The van der Waals surface area contributed by atoms with Crippen molar-refractivity contribution in [1.29, 1.82) is 0 Å². The highest BCUT2D eigenvalue weighted by Gasteiger charge is 2.22. The number of rotatable bonds is 9. The fraction of sp³-hybridized carbons (Fsp3) is 0.500. The number of hydrogen-bond acceptors (Lipinski definition) is 4. The van der Waals surface area contributed by atoms with Crippen molar-refractivity contribution >= 4 is 31.9 Å². The third-order valence-electron chi connectivity index (χ3n) is 2.94. The number of nitrogens with zero attached hydrogens (tertiary/aromatic N) is 1. The molecule has 22 heavy (non-hydrogen) atoms. The average molecular weight is 392 g/mol. The molecule has 0 aliphatic rings. The van der Waals surface area contributed by atoms with Gasteiger partial charge in [0.15, 0.2) is 0 Å². The van der Waals surface area contributed by atoms with Gasteiger partial charge in [-0.25, -0.2) is 8.42 Å². The molecule has 0 spiro atoms. The van der Waals surface area contributed by atoms with E-state index in [1.807, 2.05) is 0 Å². The number of hydrogen-bond donors (Lipinski definition) is 2. The van der Waals surface area contributed by atoms with Crippen molar-refractivity contribution in [2.75, 3.05) is 33.2 Å². The van der Waals surface area contributed by atoms with Gasteiger partial charge in [0.25, 0.3) is 0 Å². The Hall–Kier alpha value is -0.960. The first-order chi connectivity index (χ1) is 10.4. The van der Waals surface area contributed by atoms with E-state index < -0.39 is 10.0 Å². The topological polar surface area (TPSA) is 78.5 Å². The summed E-state index contributed by atoms with van der Waals surface area (Å²) in [6.45, 7) is 3.90. The molecule has 0 saturated carbocycles. The Bertz CT molecular complexity index is 576. The van der Waals surface area contributed by atoms with E-state index in [2.05, 4.69) is 33.5 Å². The lowest BCUT2D eigenvalue weighted by atomic mass is 10.4. The number of nitrogens with one attached hydrogen (secondary N) is 2. The highest BCUT2D eigenvalue weighted by atomic mass is 79.9. The number of likely N-dealkylation sites (N-methyl/N-ethyl adjacent to an activating group) is 1. The van der Waals surface area contributed by atoms with E-state index in [0.717, 1.165) is 21.7 Å². The van der Waals surface area contributed by atoms with E-state index in [4.69, 9.17) is 0 Å². The molecule has 0 aromatic heterocycles. The number of benzene rings is 1. The second kappa shape index (κ2) is 9.24. The van der Waals surface area contributed by atoms with Crippen LogP contribution in [0.15, 0.2) is 33.6 Å². The smallest absolute Gasteiger partial charge is 0.243 e. The number of sulfonamides is 1. The largest absolute Gasteiger partial charge is 0.354 e. The van der Waals surface area contributed by atoms with Gasteiger partial charge in [-0.05, 0) is 37.2 Å². The van der Waals surface area contributed by atoms with Gasteiger partial charge in [-0.3, -0.25) is 4.79 Å². The van der Waals surface area contributed by atoms with Gasteiger partial charge in [-0.1, -0.05) is 22.9 Å². The average Bonchev–Trinajstić information content (AvgIpc) is 2.47.